The summed E-state index contributed by atoms with van der Waals surface area (Å²) in [5, 5.41) is 11.0. The molecule has 138 valence electrons. The maximum atomic E-state index is 13.0. The van der Waals surface area contributed by atoms with E-state index in [1.165, 1.54) is 0 Å². The largest absolute Gasteiger partial charge is 0.342 e. The Morgan fingerprint density at radius 1 is 1.23 bits per heavy atom. The van der Waals surface area contributed by atoms with Crippen LogP contribution in [0.15, 0.2) is 30.6 Å². The second kappa shape index (κ2) is 8.07. The molecule has 8 heteroatoms. The van der Waals surface area contributed by atoms with Crippen molar-refractivity contribution in [3.8, 4) is 0 Å². The first kappa shape index (κ1) is 18.0. The Labute approximate surface area is 152 Å². The third-order valence-corrected chi connectivity index (χ3v) is 4.74. The van der Waals surface area contributed by atoms with Crippen LogP contribution in [0.3, 0.4) is 0 Å². The Morgan fingerprint density at radius 2 is 2.00 bits per heavy atom. The summed E-state index contributed by atoms with van der Waals surface area (Å²) in [4.78, 5) is 28.9. The Balaban J connectivity index is 1.73. The lowest BCUT2D eigenvalue weighted by Crippen LogP contribution is -2.57. The highest BCUT2D eigenvalue weighted by Gasteiger charge is 2.35. The molecule has 1 aromatic heterocycles. The molecule has 0 N–H and O–H groups in total. The van der Waals surface area contributed by atoms with Crippen LogP contribution in [0.5, 0.6) is 0 Å². The minimum Gasteiger partial charge on any atom is -0.342 e. The van der Waals surface area contributed by atoms with E-state index in [1.54, 1.807) is 27.9 Å². The molecule has 1 aliphatic heterocycles. The van der Waals surface area contributed by atoms with Gasteiger partial charge in [0, 0.05) is 25.7 Å². The molecule has 1 unspecified atom stereocenters. The van der Waals surface area contributed by atoms with Crippen molar-refractivity contribution in [2.45, 2.75) is 38.8 Å². The summed E-state index contributed by atoms with van der Waals surface area (Å²) in [5.41, 5.74) is 1.61. The standard InChI is InChI=1S/C18H24N6O2/c1-3-4-5-16-18(26)22(2)10-11-24(16)17(25)15-8-6-14(7-9-15)12-23-13-19-20-21-23/h6-9,13,16H,3-5,10-12H2,1-2H3. The molecule has 1 fully saturated rings. The molecule has 1 aromatic carbocycles. The summed E-state index contributed by atoms with van der Waals surface area (Å²) in [7, 11) is 1.80. The first-order chi connectivity index (χ1) is 12.6. The number of nitrogens with zero attached hydrogens (tertiary/aromatic N) is 6. The van der Waals surface area contributed by atoms with Crippen molar-refractivity contribution >= 4 is 11.8 Å². The van der Waals surface area contributed by atoms with E-state index in [1.807, 2.05) is 24.3 Å². The summed E-state index contributed by atoms with van der Waals surface area (Å²) in [6.45, 7) is 3.78. The van der Waals surface area contributed by atoms with Gasteiger partial charge in [-0.05, 0) is 34.5 Å². The second-order valence-electron chi connectivity index (χ2n) is 6.62. The highest BCUT2D eigenvalue weighted by atomic mass is 16.2. The van der Waals surface area contributed by atoms with Crippen molar-refractivity contribution in [1.29, 1.82) is 0 Å². The van der Waals surface area contributed by atoms with Crippen molar-refractivity contribution in [3.05, 3.63) is 41.7 Å². The molecule has 0 radical (unpaired) electrons. The Hall–Kier alpha value is -2.77. The van der Waals surface area contributed by atoms with Crippen LogP contribution in [0.2, 0.25) is 0 Å². The van der Waals surface area contributed by atoms with E-state index in [0.717, 1.165) is 18.4 Å². The van der Waals surface area contributed by atoms with Gasteiger partial charge in [0.2, 0.25) is 5.91 Å². The molecule has 0 saturated carbocycles. The summed E-state index contributed by atoms with van der Waals surface area (Å²) < 4.78 is 1.62. The number of unbranched alkanes of at least 4 members (excludes halogenated alkanes) is 1. The third-order valence-electron chi connectivity index (χ3n) is 4.74. The van der Waals surface area contributed by atoms with Crippen molar-refractivity contribution in [2.24, 2.45) is 0 Å². The van der Waals surface area contributed by atoms with Gasteiger partial charge in [-0.2, -0.15) is 0 Å². The lowest BCUT2D eigenvalue weighted by atomic mass is 10.0. The highest BCUT2D eigenvalue weighted by Crippen LogP contribution is 2.19. The van der Waals surface area contributed by atoms with Gasteiger partial charge in [0.1, 0.15) is 12.4 Å². The minimum atomic E-state index is -0.359. The first-order valence-corrected chi connectivity index (χ1v) is 8.95. The van der Waals surface area contributed by atoms with E-state index in [-0.39, 0.29) is 17.9 Å². The Morgan fingerprint density at radius 3 is 2.65 bits per heavy atom. The van der Waals surface area contributed by atoms with Gasteiger partial charge >= 0.3 is 0 Å². The number of hydrogen-bond donors (Lipinski definition) is 0. The maximum Gasteiger partial charge on any atom is 0.254 e. The molecule has 3 rings (SSSR count). The predicted molar refractivity (Wildman–Crippen MR) is 95.3 cm³/mol. The molecule has 0 spiro atoms. The zero-order valence-corrected chi connectivity index (χ0v) is 15.2. The number of rotatable bonds is 6. The summed E-state index contributed by atoms with van der Waals surface area (Å²) in [5.74, 6) is -0.0464. The molecule has 8 nitrogen and oxygen atoms in total. The number of likely N-dealkylation sites (N-methyl/N-ethyl adjacent to an activating group) is 1. The van der Waals surface area contributed by atoms with Crippen LogP contribution < -0.4 is 0 Å². The SMILES string of the molecule is CCCCC1C(=O)N(C)CCN1C(=O)c1ccc(Cn2cnnn2)cc1. The molecular formula is C18H24N6O2. The molecule has 0 bridgehead atoms. The van der Waals surface area contributed by atoms with E-state index >= 15 is 0 Å². The van der Waals surface area contributed by atoms with Crippen LogP contribution in [0, 0.1) is 0 Å². The summed E-state index contributed by atoms with van der Waals surface area (Å²) in [6.07, 6.45) is 4.19. The van der Waals surface area contributed by atoms with Gasteiger partial charge in [-0.1, -0.05) is 31.9 Å². The predicted octanol–water partition coefficient (Wildman–Crippen LogP) is 1.19. The van der Waals surface area contributed by atoms with Crippen LogP contribution in [0.25, 0.3) is 0 Å². The maximum absolute atomic E-state index is 13.0. The Kier molecular flexibility index (Phi) is 5.60. The number of benzene rings is 1. The van der Waals surface area contributed by atoms with Crippen molar-refractivity contribution in [2.75, 3.05) is 20.1 Å². The third kappa shape index (κ3) is 3.89. The molecule has 1 atom stereocenters. The number of amides is 2. The van der Waals surface area contributed by atoms with E-state index in [4.69, 9.17) is 0 Å². The van der Waals surface area contributed by atoms with E-state index in [9.17, 15) is 9.59 Å². The molecule has 1 saturated heterocycles. The van der Waals surface area contributed by atoms with Gasteiger partial charge in [-0.15, -0.1) is 5.10 Å². The topological polar surface area (TPSA) is 84.2 Å². The highest BCUT2D eigenvalue weighted by molar-refractivity contribution is 5.98. The van der Waals surface area contributed by atoms with Gasteiger partial charge in [0.15, 0.2) is 0 Å². The number of carbonyl (C=O) groups is 2. The lowest BCUT2D eigenvalue weighted by molar-refractivity contribution is -0.138. The summed E-state index contributed by atoms with van der Waals surface area (Å²) >= 11 is 0. The first-order valence-electron chi connectivity index (χ1n) is 8.95. The molecule has 2 amide bonds. The smallest absolute Gasteiger partial charge is 0.254 e. The number of tetrazole rings is 1. The Bertz CT molecular complexity index is 744. The monoisotopic (exact) mass is 356 g/mol. The minimum absolute atomic E-state index is 0.0355. The second-order valence-corrected chi connectivity index (χ2v) is 6.62. The van der Waals surface area contributed by atoms with Crippen molar-refractivity contribution in [1.82, 2.24) is 30.0 Å². The van der Waals surface area contributed by atoms with Gasteiger partial charge in [-0.25, -0.2) is 4.68 Å². The fourth-order valence-corrected chi connectivity index (χ4v) is 3.19. The van der Waals surface area contributed by atoms with Crippen molar-refractivity contribution in [3.63, 3.8) is 0 Å². The number of aromatic nitrogens is 4. The molecular weight excluding hydrogens is 332 g/mol. The van der Waals surface area contributed by atoms with Crippen LogP contribution in [-0.2, 0) is 11.3 Å². The van der Waals surface area contributed by atoms with Crippen LogP contribution >= 0.6 is 0 Å². The van der Waals surface area contributed by atoms with E-state index in [0.29, 0.717) is 31.6 Å². The fraction of sp³-hybridized carbons (Fsp3) is 0.500. The molecule has 2 heterocycles. The van der Waals surface area contributed by atoms with Gasteiger partial charge < -0.3 is 9.80 Å². The summed E-state index contributed by atoms with van der Waals surface area (Å²) in [6, 6.07) is 7.05. The molecule has 1 aliphatic rings. The van der Waals surface area contributed by atoms with Crippen LogP contribution in [0.4, 0.5) is 0 Å². The number of carbonyl (C=O) groups excluding carboxylic acids is 2. The number of hydrogen-bond acceptors (Lipinski definition) is 5. The fourth-order valence-electron chi connectivity index (χ4n) is 3.19. The average molecular weight is 356 g/mol. The van der Waals surface area contributed by atoms with Crippen LogP contribution in [0.1, 0.15) is 42.1 Å². The van der Waals surface area contributed by atoms with Crippen molar-refractivity contribution < 1.29 is 9.59 Å². The average Bonchev–Trinajstić information content (AvgIpc) is 3.16. The van der Waals surface area contributed by atoms with Crippen LogP contribution in [-0.4, -0.2) is 68.0 Å². The zero-order valence-electron chi connectivity index (χ0n) is 15.2. The number of piperazine rings is 1. The van der Waals surface area contributed by atoms with E-state index in [2.05, 4.69) is 22.4 Å². The lowest BCUT2D eigenvalue weighted by Gasteiger charge is -2.39. The molecule has 0 aliphatic carbocycles. The van der Waals surface area contributed by atoms with E-state index < -0.39 is 0 Å². The normalized spacial score (nSPS) is 17.6. The quantitative estimate of drug-likeness (QED) is 0.776. The molecule has 2 aromatic rings. The van der Waals surface area contributed by atoms with Gasteiger partial charge in [0.05, 0.1) is 6.54 Å². The molecule has 26 heavy (non-hydrogen) atoms. The van der Waals surface area contributed by atoms with Gasteiger partial charge in [0.25, 0.3) is 5.91 Å². The zero-order chi connectivity index (χ0) is 18.5. The van der Waals surface area contributed by atoms with Gasteiger partial charge in [-0.3, -0.25) is 9.59 Å².